The van der Waals surface area contributed by atoms with Gasteiger partial charge in [0.25, 0.3) is 0 Å². The second-order valence-electron chi connectivity index (χ2n) is 20.8. The molecule has 12 rings (SSSR count). The molecular weight excluding hydrogens is 782 g/mol. The summed E-state index contributed by atoms with van der Waals surface area (Å²) in [5.74, 6) is 8.10. The van der Waals surface area contributed by atoms with Gasteiger partial charge in [-0.2, -0.15) is 27.6 Å². The fourth-order valence-electron chi connectivity index (χ4n) is 13.8. The van der Waals surface area contributed by atoms with Crippen molar-refractivity contribution in [3.8, 4) is 0 Å². The van der Waals surface area contributed by atoms with Gasteiger partial charge in [-0.3, -0.25) is 19.9 Å². The van der Waals surface area contributed by atoms with E-state index in [4.69, 9.17) is 9.97 Å². The average molecular weight is 847 g/mol. The third-order valence-corrected chi connectivity index (χ3v) is 24.3. The van der Waals surface area contributed by atoms with Crippen LogP contribution in [0.15, 0.2) is 73.6 Å². The van der Waals surface area contributed by atoms with Crippen LogP contribution in [-0.2, 0) is 28.4 Å². The van der Waals surface area contributed by atoms with E-state index in [0.717, 1.165) is 70.0 Å². The summed E-state index contributed by atoms with van der Waals surface area (Å²) in [6.45, 7) is 15.7. The summed E-state index contributed by atoms with van der Waals surface area (Å²) < 4.78 is 0. The molecule has 0 amide bonds. The first kappa shape index (κ1) is 40.5. The molecular formula is C46H64FeN4P2Si2-6. The Hall–Kier alpha value is -1.33. The molecule has 300 valence electrons. The predicted molar refractivity (Wildman–Crippen MR) is 236 cm³/mol. The van der Waals surface area contributed by atoms with Crippen molar-refractivity contribution in [2.24, 2.45) is 47.3 Å². The van der Waals surface area contributed by atoms with Crippen LogP contribution in [0.4, 0.5) is 0 Å². The summed E-state index contributed by atoms with van der Waals surface area (Å²) >= 11 is 0. The van der Waals surface area contributed by atoms with Gasteiger partial charge in [0.1, 0.15) is 0 Å². The van der Waals surface area contributed by atoms with Gasteiger partial charge in [-0.1, -0.05) is 45.4 Å². The Morgan fingerprint density at radius 1 is 0.655 bits per heavy atom. The summed E-state index contributed by atoms with van der Waals surface area (Å²) in [6, 6.07) is 12.7. The van der Waals surface area contributed by atoms with Gasteiger partial charge in [-0.25, -0.2) is 0 Å². The molecule has 4 nitrogen and oxygen atoms in total. The Morgan fingerprint density at radius 3 is 1.38 bits per heavy atom. The topological polar surface area (TPSA) is 51.6 Å². The molecule has 55 heavy (non-hydrogen) atoms. The van der Waals surface area contributed by atoms with Crippen molar-refractivity contribution in [3.63, 3.8) is 0 Å². The molecule has 2 aromatic heterocycles. The second-order valence-corrected chi connectivity index (χ2v) is 34.2. The van der Waals surface area contributed by atoms with Gasteiger partial charge in [0, 0.05) is 67.5 Å². The van der Waals surface area contributed by atoms with E-state index < -0.39 is 21.3 Å². The van der Waals surface area contributed by atoms with E-state index in [9.17, 15) is 0 Å². The Bertz CT molecular complexity index is 1730. The monoisotopic (exact) mass is 846 g/mol. The molecule has 8 bridgehead atoms. The third-order valence-electron chi connectivity index (χ3n) is 15.1. The summed E-state index contributed by atoms with van der Waals surface area (Å²) in [6.07, 6.45) is 28.2. The third kappa shape index (κ3) is 7.57. The fourth-order valence-corrected chi connectivity index (χ4v) is 24.9. The van der Waals surface area contributed by atoms with Crippen LogP contribution in [-0.4, -0.2) is 47.4 Å². The van der Waals surface area contributed by atoms with Crippen LogP contribution in [0, 0.1) is 47.3 Å². The number of hydrogen-bond acceptors (Lipinski definition) is 4. The standard InChI is InChI=1S/C41H59N4P2Si2.C5H5.Fe/c1-48(2,3)35-21-34(41(46,36-22-42-7-9-44-36)37-23-43-8-10-45-37)33(40(35)49(4,5)6)24-47(38-29-13-25-11-26(15-29)16-30(38)14-25)39-31-17-27-12-28(19-31)20-32(39)18-27;1-2-4-5-3-1;/h7-10,21-23,25-32,38-39H,11-20,24,46H2,1-6H3;1-5H;/q-1;-5;. The maximum atomic E-state index is 5.06. The first-order valence-corrected chi connectivity index (χ1v) is 30.7. The largest absolute Gasteiger partial charge is 0.748 e. The van der Waals surface area contributed by atoms with Gasteiger partial charge in [0.05, 0.1) is 19.5 Å². The Labute approximate surface area is 348 Å². The Balaban J connectivity index is 0.000000661. The molecule has 0 saturated heterocycles. The van der Waals surface area contributed by atoms with Crippen LogP contribution in [0.2, 0.25) is 39.3 Å². The molecule has 8 aliphatic carbocycles. The molecule has 0 N–H and O–H groups in total. The van der Waals surface area contributed by atoms with Gasteiger partial charge >= 0.3 is 0 Å². The summed E-state index contributed by atoms with van der Waals surface area (Å²) in [5, 5.41) is 2.93. The van der Waals surface area contributed by atoms with Gasteiger partial charge in [0.2, 0.25) is 0 Å². The van der Waals surface area contributed by atoms with Gasteiger partial charge in [-0.05, 0) is 123 Å². The van der Waals surface area contributed by atoms with E-state index in [-0.39, 0.29) is 25.0 Å². The number of aromatic nitrogens is 4. The Morgan fingerprint density at radius 2 is 1.05 bits per heavy atom. The minimum Gasteiger partial charge on any atom is -0.748 e. The predicted octanol–water partition coefficient (Wildman–Crippen LogP) is 10.3. The second kappa shape index (κ2) is 15.7. The zero-order valence-electron chi connectivity index (χ0n) is 34.1. The molecule has 1 atom stereocenters. The van der Waals surface area contributed by atoms with Crippen molar-refractivity contribution in [1.82, 2.24) is 19.9 Å². The number of hydrogen-bond donors (Lipinski definition) is 0. The number of rotatable bonds is 9. The van der Waals surface area contributed by atoms with Gasteiger partial charge < -0.3 is 30.3 Å². The van der Waals surface area contributed by atoms with E-state index in [1.165, 1.54) is 11.7 Å². The SMILES string of the molecule is C[Si](C)(C)c1c(CP(C2C3CC4CC(C3)CC2C4)C2C3CC4CC(C3)CC2C4)c(C(P)(c2cnccn2)c2cnccn2)c[c-]1[Si](C)(C)C.[Fe].[cH-]1[cH-][cH-][cH-][cH-]1. The molecule has 0 radical (unpaired) electrons. The first-order chi connectivity index (χ1) is 25.9. The molecule has 4 aromatic rings. The molecule has 2 heterocycles. The van der Waals surface area contributed by atoms with Crippen molar-refractivity contribution in [2.75, 3.05) is 0 Å². The Kier molecular flexibility index (Phi) is 11.5. The van der Waals surface area contributed by atoms with E-state index >= 15 is 0 Å². The van der Waals surface area contributed by atoms with E-state index in [0.29, 0.717) is 0 Å². The average Bonchev–Trinajstić information content (AvgIpc) is 3.84. The van der Waals surface area contributed by atoms with Crippen molar-refractivity contribution in [1.29, 1.82) is 0 Å². The smallest absolute Gasteiger partial charge is 0.0665 e. The molecule has 0 aliphatic heterocycles. The first-order valence-electron chi connectivity index (χ1n) is 21.5. The maximum Gasteiger partial charge on any atom is 0.0665 e. The summed E-state index contributed by atoms with van der Waals surface area (Å²) in [5.41, 5.74) is 7.11. The maximum absolute atomic E-state index is 5.06. The van der Waals surface area contributed by atoms with E-state index in [2.05, 4.69) is 64.6 Å². The molecule has 8 aliphatic rings. The van der Waals surface area contributed by atoms with E-state index in [1.54, 1.807) is 80.1 Å². The van der Waals surface area contributed by atoms with Crippen LogP contribution in [0.25, 0.3) is 0 Å². The summed E-state index contributed by atoms with van der Waals surface area (Å²) in [4.78, 5) is 19.5. The van der Waals surface area contributed by atoms with E-state index in [1.807, 2.05) is 67.5 Å². The van der Waals surface area contributed by atoms with Crippen LogP contribution in [0.1, 0.15) is 86.7 Å². The minimum absolute atomic E-state index is 0. The quantitative estimate of drug-likeness (QED) is 0.0957. The zero-order chi connectivity index (χ0) is 37.4. The molecule has 8 saturated carbocycles. The van der Waals surface area contributed by atoms with Crippen LogP contribution in [0.3, 0.4) is 0 Å². The van der Waals surface area contributed by atoms with Gasteiger partial charge in [0.15, 0.2) is 0 Å². The molecule has 1 unspecified atom stereocenters. The minimum atomic E-state index is -1.76. The van der Waals surface area contributed by atoms with Crippen LogP contribution < -0.4 is 10.4 Å². The molecule has 9 heteroatoms. The number of nitrogens with zero attached hydrogens (tertiary/aromatic N) is 4. The van der Waals surface area contributed by atoms with Crippen LogP contribution in [0.5, 0.6) is 0 Å². The van der Waals surface area contributed by atoms with Gasteiger partial charge in [-0.15, -0.1) is 17.2 Å². The van der Waals surface area contributed by atoms with Crippen molar-refractivity contribution in [2.45, 2.75) is 126 Å². The van der Waals surface area contributed by atoms with Crippen molar-refractivity contribution < 1.29 is 17.1 Å². The fraction of sp³-hybridized carbons (Fsp3) is 0.609. The normalized spacial score (nSPS) is 32.5. The molecule has 2 aromatic carbocycles. The summed E-state index contributed by atoms with van der Waals surface area (Å²) in [7, 11) is -0.295. The zero-order valence-corrected chi connectivity index (χ0v) is 39.3. The van der Waals surface area contributed by atoms with Crippen molar-refractivity contribution >= 4 is 43.7 Å². The van der Waals surface area contributed by atoms with Crippen molar-refractivity contribution in [3.05, 3.63) is 96.1 Å². The molecule has 0 spiro atoms. The molecule has 8 fully saturated rings. The van der Waals surface area contributed by atoms with Crippen LogP contribution >= 0.6 is 17.2 Å².